The number of anilines is 1. The zero-order chi connectivity index (χ0) is 23.9. The first-order valence-electron chi connectivity index (χ1n) is 11.1. The SMILES string of the molecule is Nc1c(Br)c([C@H]2CC[C@@](O)(CC(=O)O)CC2)nc2c(-c3ccc(-c4ccccc4)nc3)cnn12. The number of carbonyl (C=O) groups is 1. The van der Waals surface area contributed by atoms with E-state index >= 15 is 0 Å². The monoisotopic (exact) mass is 521 g/mol. The van der Waals surface area contributed by atoms with E-state index in [9.17, 15) is 9.90 Å². The molecule has 1 saturated carbocycles. The molecule has 4 aromatic rings. The molecule has 4 N–H and O–H groups in total. The normalized spacial score (nSPS) is 20.5. The Labute approximate surface area is 204 Å². The first-order chi connectivity index (χ1) is 16.3. The molecule has 1 aliphatic carbocycles. The van der Waals surface area contributed by atoms with Crippen molar-refractivity contribution in [2.24, 2.45) is 0 Å². The van der Waals surface area contributed by atoms with Gasteiger partial charge in [0.25, 0.3) is 0 Å². The molecule has 1 aliphatic rings. The molecule has 9 heteroatoms. The van der Waals surface area contributed by atoms with Crippen LogP contribution >= 0.6 is 15.9 Å². The second kappa shape index (κ2) is 8.81. The molecule has 0 radical (unpaired) electrons. The van der Waals surface area contributed by atoms with Gasteiger partial charge >= 0.3 is 5.97 Å². The average Bonchev–Trinajstić information content (AvgIpc) is 3.26. The van der Waals surface area contributed by atoms with E-state index in [0.29, 0.717) is 41.6 Å². The zero-order valence-corrected chi connectivity index (χ0v) is 19.9. The Morgan fingerprint density at radius 1 is 1.12 bits per heavy atom. The number of rotatable bonds is 5. The average molecular weight is 522 g/mol. The number of hydrogen-bond donors (Lipinski definition) is 3. The van der Waals surface area contributed by atoms with Gasteiger partial charge in [-0.05, 0) is 47.7 Å². The molecular formula is C25H24BrN5O3. The van der Waals surface area contributed by atoms with E-state index in [1.807, 2.05) is 48.7 Å². The van der Waals surface area contributed by atoms with Gasteiger partial charge in [-0.25, -0.2) is 4.98 Å². The highest BCUT2D eigenvalue weighted by molar-refractivity contribution is 9.10. The molecule has 0 saturated heterocycles. The van der Waals surface area contributed by atoms with Gasteiger partial charge in [0, 0.05) is 28.8 Å². The van der Waals surface area contributed by atoms with Crippen LogP contribution in [0.4, 0.5) is 5.82 Å². The maximum absolute atomic E-state index is 11.1. The fourth-order valence-corrected chi connectivity index (χ4v) is 5.29. The van der Waals surface area contributed by atoms with E-state index in [1.165, 1.54) is 0 Å². The van der Waals surface area contributed by atoms with Gasteiger partial charge in [-0.2, -0.15) is 9.61 Å². The second-order valence-electron chi connectivity index (χ2n) is 8.86. The molecule has 8 nitrogen and oxygen atoms in total. The Bertz CT molecular complexity index is 1350. The predicted octanol–water partition coefficient (Wildman–Crippen LogP) is 4.67. The molecule has 34 heavy (non-hydrogen) atoms. The summed E-state index contributed by atoms with van der Waals surface area (Å²) in [6.07, 6.45) is 5.37. The van der Waals surface area contributed by atoms with Crippen LogP contribution in [0.25, 0.3) is 28.0 Å². The van der Waals surface area contributed by atoms with Gasteiger partial charge in [0.2, 0.25) is 0 Å². The van der Waals surface area contributed by atoms with Crippen LogP contribution in [0, 0.1) is 0 Å². The summed E-state index contributed by atoms with van der Waals surface area (Å²) < 4.78 is 2.29. The molecule has 174 valence electrons. The largest absolute Gasteiger partial charge is 0.481 e. The van der Waals surface area contributed by atoms with Gasteiger partial charge in [0.1, 0.15) is 5.82 Å². The quantitative estimate of drug-likeness (QED) is 0.348. The molecule has 5 rings (SSSR count). The summed E-state index contributed by atoms with van der Waals surface area (Å²) in [6.45, 7) is 0. The summed E-state index contributed by atoms with van der Waals surface area (Å²) in [4.78, 5) is 20.7. The van der Waals surface area contributed by atoms with Gasteiger partial charge < -0.3 is 15.9 Å². The molecule has 3 heterocycles. The van der Waals surface area contributed by atoms with Crippen molar-refractivity contribution >= 4 is 33.4 Å². The van der Waals surface area contributed by atoms with Crippen LogP contribution in [0.1, 0.15) is 43.7 Å². The molecule has 0 unspecified atom stereocenters. The van der Waals surface area contributed by atoms with Crippen molar-refractivity contribution in [3.8, 4) is 22.4 Å². The van der Waals surface area contributed by atoms with Gasteiger partial charge in [-0.15, -0.1) is 0 Å². The van der Waals surface area contributed by atoms with Crippen molar-refractivity contribution in [3.63, 3.8) is 0 Å². The summed E-state index contributed by atoms with van der Waals surface area (Å²) in [7, 11) is 0. The summed E-state index contributed by atoms with van der Waals surface area (Å²) in [5, 5.41) is 24.2. The summed E-state index contributed by atoms with van der Waals surface area (Å²) in [5.41, 5.74) is 10.3. The molecule has 0 atom stereocenters. The van der Waals surface area contributed by atoms with Crippen LogP contribution in [0.5, 0.6) is 0 Å². The molecule has 0 aliphatic heterocycles. The van der Waals surface area contributed by atoms with Crippen molar-refractivity contribution < 1.29 is 15.0 Å². The first-order valence-corrected chi connectivity index (χ1v) is 11.9. The van der Waals surface area contributed by atoms with Crippen LogP contribution in [-0.4, -0.2) is 41.4 Å². The number of pyridine rings is 1. The van der Waals surface area contributed by atoms with Crippen LogP contribution in [-0.2, 0) is 4.79 Å². The minimum Gasteiger partial charge on any atom is -0.481 e. The Balaban J connectivity index is 1.47. The fraction of sp³-hybridized carbons (Fsp3) is 0.280. The number of nitrogens with zero attached hydrogens (tertiary/aromatic N) is 4. The molecule has 0 spiro atoms. The number of nitrogen functional groups attached to an aromatic ring is 1. The number of aliphatic hydroxyl groups is 1. The van der Waals surface area contributed by atoms with Crippen LogP contribution in [0.15, 0.2) is 59.3 Å². The lowest BCUT2D eigenvalue weighted by Gasteiger charge is -2.35. The number of halogens is 1. The third kappa shape index (κ3) is 4.17. The highest BCUT2D eigenvalue weighted by Crippen LogP contribution is 2.43. The standard InChI is InChI=1S/C25H24BrN5O3/c26-21-22(16-8-10-25(34,11-9-16)12-20(32)33)30-24-18(14-29-31(24)23(21)27)17-6-7-19(28-13-17)15-4-2-1-3-5-15/h1-7,13-14,16,34H,8-12,27H2,(H,32,33)/t16-,25-. The fourth-order valence-electron chi connectivity index (χ4n) is 4.71. The number of benzene rings is 1. The lowest BCUT2D eigenvalue weighted by Crippen LogP contribution is -2.36. The third-order valence-corrected chi connectivity index (χ3v) is 7.39. The predicted molar refractivity (Wildman–Crippen MR) is 132 cm³/mol. The van der Waals surface area contributed by atoms with E-state index in [4.69, 9.17) is 15.8 Å². The van der Waals surface area contributed by atoms with Crippen molar-refractivity contribution in [1.82, 2.24) is 19.6 Å². The Morgan fingerprint density at radius 2 is 1.85 bits per heavy atom. The maximum atomic E-state index is 11.1. The smallest absolute Gasteiger partial charge is 0.306 e. The zero-order valence-electron chi connectivity index (χ0n) is 18.4. The van der Waals surface area contributed by atoms with E-state index in [1.54, 1.807) is 10.7 Å². The van der Waals surface area contributed by atoms with E-state index in [-0.39, 0.29) is 12.3 Å². The molecule has 3 aromatic heterocycles. The topological polar surface area (TPSA) is 127 Å². The minimum atomic E-state index is -1.17. The van der Waals surface area contributed by atoms with Crippen LogP contribution in [0.3, 0.4) is 0 Å². The number of aliphatic carboxylic acids is 1. The number of aromatic nitrogens is 4. The second-order valence-corrected chi connectivity index (χ2v) is 9.65. The highest BCUT2D eigenvalue weighted by atomic mass is 79.9. The van der Waals surface area contributed by atoms with Gasteiger partial charge in [-0.1, -0.05) is 36.4 Å². The summed E-state index contributed by atoms with van der Waals surface area (Å²) in [5.74, 6) is -0.481. The van der Waals surface area contributed by atoms with Crippen molar-refractivity contribution in [1.29, 1.82) is 0 Å². The molecule has 1 fully saturated rings. The first kappa shape index (κ1) is 22.5. The molecule has 1 aromatic carbocycles. The number of hydrogen-bond acceptors (Lipinski definition) is 6. The Kier molecular flexibility index (Phi) is 5.83. The van der Waals surface area contributed by atoms with Gasteiger partial charge in [-0.3, -0.25) is 9.78 Å². The Hall–Kier alpha value is -3.30. The third-order valence-electron chi connectivity index (χ3n) is 6.58. The van der Waals surface area contributed by atoms with Crippen LogP contribution in [0.2, 0.25) is 0 Å². The molecule has 0 bridgehead atoms. The molecular weight excluding hydrogens is 498 g/mol. The Morgan fingerprint density at radius 3 is 2.50 bits per heavy atom. The lowest BCUT2D eigenvalue weighted by atomic mass is 9.76. The number of fused-ring (bicyclic) bond motifs is 1. The van der Waals surface area contributed by atoms with Crippen molar-refractivity contribution in [2.75, 3.05) is 5.73 Å². The number of carboxylic acids is 1. The van der Waals surface area contributed by atoms with E-state index in [2.05, 4.69) is 26.0 Å². The van der Waals surface area contributed by atoms with E-state index < -0.39 is 11.6 Å². The molecule has 0 amide bonds. The number of nitrogens with two attached hydrogens (primary N) is 1. The summed E-state index contributed by atoms with van der Waals surface area (Å²) >= 11 is 3.59. The van der Waals surface area contributed by atoms with Crippen LogP contribution < -0.4 is 5.73 Å². The van der Waals surface area contributed by atoms with Gasteiger partial charge in [0.05, 0.1) is 34.1 Å². The minimum absolute atomic E-state index is 0.0528. The maximum Gasteiger partial charge on any atom is 0.306 e. The lowest BCUT2D eigenvalue weighted by molar-refractivity contribution is -0.144. The van der Waals surface area contributed by atoms with Crippen molar-refractivity contribution in [3.05, 3.63) is 65.0 Å². The van der Waals surface area contributed by atoms with Gasteiger partial charge in [0.15, 0.2) is 5.65 Å². The highest BCUT2D eigenvalue weighted by Gasteiger charge is 2.37. The summed E-state index contributed by atoms with van der Waals surface area (Å²) in [6, 6.07) is 13.9. The number of carboxylic acid groups (broad SMARTS) is 1. The van der Waals surface area contributed by atoms with E-state index in [0.717, 1.165) is 28.1 Å². The van der Waals surface area contributed by atoms with Crippen molar-refractivity contribution in [2.45, 2.75) is 43.6 Å².